The van der Waals surface area contributed by atoms with Crippen LogP contribution in [0.2, 0.25) is 0 Å². The van der Waals surface area contributed by atoms with Crippen molar-refractivity contribution >= 4 is 11.8 Å². The Morgan fingerprint density at radius 3 is 2.65 bits per heavy atom. The first-order chi connectivity index (χ1) is 11.2. The molecule has 1 aromatic carbocycles. The predicted molar refractivity (Wildman–Crippen MR) is 88.2 cm³/mol. The van der Waals surface area contributed by atoms with Crippen LogP contribution in [0, 0.1) is 0 Å². The third-order valence-corrected chi connectivity index (χ3v) is 3.83. The largest absolute Gasteiger partial charge is 0.383 e. The van der Waals surface area contributed by atoms with Crippen LogP contribution < -0.4 is 10.6 Å². The minimum absolute atomic E-state index is 0.0812. The van der Waals surface area contributed by atoms with Gasteiger partial charge in [-0.15, -0.1) is 0 Å². The van der Waals surface area contributed by atoms with Crippen LogP contribution >= 0.6 is 0 Å². The van der Waals surface area contributed by atoms with Gasteiger partial charge in [-0.25, -0.2) is 0 Å². The minimum Gasteiger partial charge on any atom is -0.383 e. The van der Waals surface area contributed by atoms with Crippen molar-refractivity contribution in [3.63, 3.8) is 0 Å². The quantitative estimate of drug-likeness (QED) is 0.660. The van der Waals surface area contributed by atoms with Gasteiger partial charge in [-0.3, -0.25) is 9.59 Å². The van der Waals surface area contributed by atoms with Gasteiger partial charge in [0.15, 0.2) is 0 Å². The topological polar surface area (TPSA) is 70.7 Å². The molecule has 2 amide bonds. The Hall–Kier alpha value is -1.92. The van der Waals surface area contributed by atoms with Gasteiger partial charge in [-0.2, -0.15) is 0 Å². The van der Waals surface area contributed by atoms with E-state index < -0.39 is 0 Å². The summed E-state index contributed by atoms with van der Waals surface area (Å²) in [4.78, 5) is 25.5. The first-order valence-corrected chi connectivity index (χ1v) is 8.05. The van der Waals surface area contributed by atoms with Crippen molar-refractivity contribution in [2.24, 2.45) is 0 Å². The maximum atomic E-state index is 12.0. The highest BCUT2D eigenvalue weighted by Crippen LogP contribution is 2.14. The second kappa shape index (κ2) is 9.27. The van der Waals surface area contributed by atoms with Gasteiger partial charge in [0.1, 0.15) is 0 Å². The average Bonchev–Trinajstić information content (AvgIpc) is 2.96. The van der Waals surface area contributed by atoms with Gasteiger partial charge in [-0.1, -0.05) is 12.1 Å². The summed E-state index contributed by atoms with van der Waals surface area (Å²) in [5.41, 5.74) is 1.69. The van der Waals surface area contributed by atoms with Crippen molar-refractivity contribution in [1.82, 2.24) is 15.5 Å². The van der Waals surface area contributed by atoms with Gasteiger partial charge < -0.3 is 20.3 Å². The number of amides is 2. The van der Waals surface area contributed by atoms with Crippen LogP contribution in [0.1, 0.15) is 28.8 Å². The highest BCUT2D eigenvalue weighted by Gasteiger charge is 2.19. The molecule has 1 aromatic rings. The molecule has 2 N–H and O–H groups in total. The summed E-state index contributed by atoms with van der Waals surface area (Å²) < 4.78 is 4.93. The van der Waals surface area contributed by atoms with E-state index in [1.165, 1.54) is 0 Å². The van der Waals surface area contributed by atoms with E-state index in [1.807, 2.05) is 29.2 Å². The second-order valence-electron chi connectivity index (χ2n) is 5.61. The van der Waals surface area contributed by atoms with E-state index in [2.05, 4.69) is 10.6 Å². The molecule has 1 saturated heterocycles. The molecule has 6 nitrogen and oxygen atoms in total. The van der Waals surface area contributed by atoms with Crippen LogP contribution in [0.5, 0.6) is 0 Å². The van der Waals surface area contributed by atoms with E-state index in [0.717, 1.165) is 25.1 Å². The fourth-order valence-corrected chi connectivity index (χ4v) is 2.52. The summed E-state index contributed by atoms with van der Waals surface area (Å²) in [6, 6.07) is 7.45. The van der Waals surface area contributed by atoms with Gasteiger partial charge >= 0.3 is 0 Å². The van der Waals surface area contributed by atoms with Gasteiger partial charge in [0.25, 0.3) is 5.91 Å². The molecule has 1 aliphatic heterocycles. The lowest BCUT2D eigenvalue weighted by Crippen LogP contribution is -2.33. The number of hydrogen-bond donors (Lipinski definition) is 2. The zero-order valence-corrected chi connectivity index (χ0v) is 13.6. The van der Waals surface area contributed by atoms with E-state index >= 15 is 0 Å². The molecule has 0 aliphatic carbocycles. The molecule has 0 saturated carbocycles. The summed E-state index contributed by atoms with van der Waals surface area (Å²) >= 11 is 0. The Labute approximate surface area is 137 Å². The maximum Gasteiger partial charge on any atom is 0.251 e. The SMILES string of the molecule is COCCNCCNC(=O)c1ccc(CN2CCCC2=O)cc1. The Morgan fingerprint density at radius 2 is 2.00 bits per heavy atom. The van der Waals surface area contributed by atoms with Gasteiger partial charge in [0.05, 0.1) is 6.61 Å². The van der Waals surface area contributed by atoms with E-state index in [0.29, 0.717) is 38.2 Å². The summed E-state index contributed by atoms with van der Waals surface area (Å²) in [5, 5.41) is 6.04. The highest BCUT2D eigenvalue weighted by atomic mass is 16.5. The van der Waals surface area contributed by atoms with E-state index in [4.69, 9.17) is 4.74 Å². The average molecular weight is 319 g/mol. The van der Waals surface area contributed by atoms with Gasteiger partial charge in [0, 0.05) is 51.8 Å². The molecule has 0 unspecified atom stereocenters. The molecule has 1 fully saturated rings. The summed E-state index contributed by atoms with van der Waals surface area (Å²) in [5.74, 6) is 0.134. The van der Waals surface area contributed by atoms with Crippen molar-refractivity contribution in [3.05, 3.63) is 35.4 Å². The molecule has 126 valence electrons. The Bertz CT molecular complexity index is 516. The number of rotatable bonds is 9. The summed E-state index contributed by atoms with van der Waals surface area (Å²) in [6.45, 7) is 4.18. The lowest BCUT2D eigenvalue weighted by atomic mass is 10.1. The van der Waals surface area contributed by atoms with E-state index in [-0.39, 0.29) is 11.8 Å². The Kier molecular flexibility index (Phi) is 7.03. The van der Waals surface area contributed by atoms with E-state index in [9.17, 15) is 9.59 Å². The molecule has 1 heterocycles. The minimum atomic E-state index is -0.0812. The first kappa shape index (κ1) is 17.4. The smallest absolute Gasteiger partial charge is 0.251 e. The zero-order valence-electron chi connectivity index (χ0n) is 13.6. The molecule has 0 radical (unpaired) electrons. The molecule has 6 heteroatoms. The van der Waals surface area contributed by atoms with Crippen LogP contribution in [0.15, 0.2) is 24.3 Å². The monoisotopic (exact) mass is 319 g/mol. The Balaban J connectivity index is 1.73. The maximum absolute atomic E-state index is 12.0. The van der Waals surface area contributed by atoms with Crippen LogP contribution in [0.25, 0.3) is 0 Å². The van der Waals surface area contributed by atoms with Crippen LogP contribution in [-0.2, 0) is 16.1 Å². The van der Waals surface area contributed by atoms with Gasteiger partial charge in [-0.05, 0) is 24.1 Å². The summed E-state index contributed by atoms with van der Waals surface area (Å²) in [7, 11) is 1.66. The Morgan fingerprint density at radius 1 is 1.22 bits per heavy atom. The molecule has 0 atom stereocenters. The molecule has 1 aliphatic rings. The number of hydrogen-bond acceptors (Lipinski definition) is 4. The van der Waals surface area contributed by atoms with E-state index in [1.54, 1.807) is 7.11 Å². The third kappa shape index (κ3) is 5.65. The molecular weight excluding hydrogens is 294 g/mol. The number of carbonyl (C=O) groups excluding carboxylic acids is 2. The lowest BCUT2D eigenvalue weighted by Gasteiger charge is -2.15. The normalized spacial score (nSPS) is 14.3. The van der Waals surface area contributed by atoms with Crippen LogP contribution in [0.3, 0.4) is 0 Å². The number of benzene rings is 1. The van der Waals surface area contributed by atoms with Gasteiger partial charge in [0.2, 0.25) is 5.91 Å². The van der Waals surface area contributed by atoms with Crippen molar-refractivity contribution in [3.8, 4) is 0 Å². The van der Waals surface area contributed by atoms with Crippen molar-refractivity contribution < 1.29 is 14.3 Å². The fraction of sp³-hybridized carbons (Fsp3) is 0.529. The standard InChI is InChI=1S/C17H25N3O3/c1-23-12-10-18-8-9-19-17(22)15-6-4-14(5-7-15)13-20-11-2-3-16(20)21/h4-7,18H,2-3,8-13H2,1H3,(H,19,22). The number of methoxy groups -OCH3 is 1. The molecule has 0 spiro atoms. The number of ether oxygens (including phenoxy) is 1. The second-order valence-corrected chi connectivity index (χ2v) is 5.61. The number of nitrogens with one attached hydrogen (secondary N) is 2. The van der Waals surface area contributed by atoms with Crippen molar-refractivity contribution in [1.29, 1.82) is 0 Å². The number of likely N-dealkylation sites (tertiary alicyclic amines) is 1. The number of carbonyl (C=O) groups is 2. The molecule has 0 bridgehead atoms. The van der Waals surface area contributed by atoms with Crippen LogP contribution in [0.4, 0.5) is 0 Å². The highest BCUT2D eigenvalue weighted by molar-refractivity contribution is 5.94. The third-order valence-electron chi connectivity index (χ3n) is 3.83. The first-order valence-electron chi connectivity index (χ1n) is 8.05. The predicted octanol–water partition coefficient (Wildman–Crippen LogP) is 0.775. The lowest BCUT2D eigenvalue weighted by molar-refractivity contribution is -0.128. The molecule has 0 aromatic heterocycles. The molecule has 23 heavy (non-hydrogen) atoms. The van der Waals surface area contributed by atoms with Crippen molar-refractivity contribution in [2.75, 3.05) is 39.9 Å². The van der Waals surface area contributed by atoms with Crippen molar-refractivity contribution in [2.45, 2.75) is 19.4 Å². The fourth-order valence-electron chi connectivity index (χ4n) is 2.52. The molecule has 2 rings (SSSR count). The van der Waals surface area contributed by atoms with Crippen LogP contribution in [-0.4, -0.2) is 56.6 Å². The zero-order chi connectivity index (χ0) is 16.5. The number of nitrogens with zero attached hydrogens (tertiary/aromatic N) is 1. The molecular formula is C17H25N3O3. The summed E-state index contributed by atoms with van der Waals surface area (Å²) in [6.07, 6.45) is 1.59.